The first-order chi connectivity index (χ1) is 13.8. The fourth-order valence-electron chi connectivity index (χ4n) is 3.95. The van der Waals surface area contributed by atoms with Crippen LogP contribution in [0.4, 0.5) is 11.4 Å². The lowest BCUT2D eigenvalue weighted by Gasteiger charge is -2.46. The Morgan fingerprint density at radius 1 is 1.14 bits per heavy atom. The monoisotopic (exact) mass is 414 g/mol. The molecule has 0 saturated carbocycles. The van der Waals surface area contributed by atoms with Crippen LogP contribution in [-0.2, 0) is 10.0 Å². The molecule has 0 radical (unpaired) electrons. The third-order valence-electron chi connectivity index (χ3n) is 5.49. The second kappa shape index (κ2) is 7.16. The number of carbonyl (C=O) groups excluding carboxylic acids is 2. The Bertz CT molecular complexity index is 1080. The molecule has 29 heavy (non-hydrogen) atoms. The normalized spacial score (nSPS) is 18.8. The SMILES string of the molecule is CN1c2cc(C(=O)Nc3ccc(S(N)(=O)=O)cc3)ccc2C(=O)N2CCCCC21. The lowest BCUT2D eigenvalue weighted by molar-refractivity contribution is 0.0589. The van der Waals surface area contributed by atoms with Gasteiger partial charge in [0.15, 0.2) is 0 Å². The van der Waals surface area contributed by atoms with Gasteiger partial charge in [-0.1, -0.05) is 0 Å². The smallest absolute Gasteiger partial charge is 0.257 e. The summed E-state index contributed by atoms with van der Waals surface area (Å²) in [5.74, 6) is -0.337. The Balaban J connectivity index is 1.58. The molecule has 8 nitrogen and oxygen atoms in total. The second-order valence-electron chi connectivity index (χ2n) is 7.34. The Morgan fingerprint density at radius 3 is 2.55 bits per heavy atom. The van der Waals surface area contributed by atoms with Crippen LogP contribution in [0.5, 0.6) is 0 Å². The summed E-state index contributed by atoms with van der Waals surface area (Å²) in [5.41, 5.74) is 2.21. The largest absolute Gasteiger partial charge is 0.354 e. The van der Waals surface area contributed by atoms with Crippen LogP contribution in [0.3, 0.4) is 0 Å². The number of nitrogens with two attached hydrogens (primary N) is 1. The third-order valence-corrected chi connectivity index (χ3v) is 6.42. The quantitative estimate of drug-likeness (QED) is 0.798. The number of amides is 2. The average molecular weight is 414 g/mol. The van der Waals surface area contributed by atoms with E-state index in [1.807, 2.05) is 11.9 Å². The zero-order chi connectivity index (χ0) is 20.8. The van der Waals surface area contributed by atoms with E-state index in [1.54, 1.807) is 18.2 Å². The molecule has 4 rings (SSSR count). The highest BCUT2D eigenvalue weighted by molar-refractivity contribution is 7.89. The van der Waals surface area contributed by atoms with E-state index < -0.39 is 10.0 Å². The van der Waals surface area contributed by atoms with Crippen molar-refractivity contribution in [3.8, 4) is 0 Å². The highest BCUT2D eigenvalue weighted by atomic mass is 32.2. The summed E-state index contributed by atoms with van der Waals surface area (Å²) in [5, 5.41) is 7.82. The van der Waals surface area contributed by atoms with Crippen molar-refractivity contribution in [2.24, 2.45) is 5.14 Å². The van der Waals surface area contributed by atoms with Gasteiger partial charge in [-0.3, -0.25) is 9.59 Å². The molecule has 0 spiro atoms. The number of anilines is 2. The molecule has 1 unspecified atom stereocenters. The number of hydrogen-bond donors (Lipinski definition) is 2. The predicted octanol–water partition coefficient (Wildman–Crippen LogP) is 1.99. The fourth-order valence-corrected chi connectivity index (χ4v) is 4.46. The van der Waals surface area contributed by atoms with Crippen molar-refractivity contribution in [1.82, 2.24) is 4.90 Å². The summed E-state index contributed by atoms with van der Waals surface area (Å²) in [6, 6.07) is 10.7. The maximum atomic E-state index is 12.8. The van der Waals surface area contributed by atoms with Gasteiger partial charge in [0.05, 0.1) is 16.1 Å². The number of carbonyl (C=O) groups is 2. The summed E-state index contributed by atoms with van der Waals surface area (Å²) >= 11 is 0. The Labute approximate surface area is 169 Å². The number of rotatable bonds is 3. The van der Waals surface area contributed by atoms with E-state index in [0.29, 0.717) is 16.8 Å². The predicted molar refractivity (Wildman–Crippen MR) is 109 cm³/mol. The molecule has 2 heterocycles. The van der Waals surface area contributed by atoms with E-state index in [1.165, 1.54) is 24.3 Å². The maximum absolute atomic E-state index is 12.8. The maximum Gasteiger partial charge on any atom is 0.257 e. The first-order valence-electron chi connectivity index (χ1n) is 9.38. The molecule has 152 valence electrons. The third kappa shape index (κ3) is 3.58. The Morgan fingerprint density at radius 2 is 1.86 bits per heavy atom. The van der Waals surface area contributed by atoms with Gasteiger partial charge < -0.3 is 15.1 Å². The van der Waals surface area contributed by atoms with Crippen LogP contribution in [0.25, 0.3) is 0 Å². The first kappa shape index (κ1) is 19.4. The van der Waals surface area contributed by atoms with Crippen LogP contribution in [0.15, 0.2) is 47.4 Å². The van der Waals surface area contributed by atoms with E-state index >= 15 is 0 Å². The van der Waals surface area contributed by atoms with Crippen molar-refractivity contribution in [3.05, 3.63) is 53.6 Å². The van der Waals surface area contributed by atoms with Crippen molar-refractivity contribution in [1.29, 1.82) is 0 Å². The first-order valence-corrected chi connectivity index (χ1v) is 10.9. The van der Waals surface area contributed by atoms with Crippen molar-refractivity contribution in [2.75, 3.05) is 23.8 Å². The van der Waals surface area contributed by atoms with Gasteiger partial charge in [0, 0.05) is 24.8 Å². The molecule has 1 saturated heterocycles. The number of nitrogens with zero attached hydrogens (tertiary/aromatic N) is 2. The minimum absolute atomic E-state index is 0.00772. The van der Waals surface area contributed by atoms with Gasteiger partial charge in [0.25, 0.3) is 11.8 Å². The van der Waals surface area contributed by atoms with Gasteiger partial charge >= 0.3 is 0 Å². The van der Waals surface area contributed by atoms with Gasteiger partial charge in [0.2, 0.25) is 10.0 Å². The molecule has 0 aromatic heterocycles. The molecule has 0 bridgehead atoms. The van der Waals surface area contributed by atoms with Crippen molar-refractivity contribution in [3.63, 3.8) is 0 Å². The second-order valence-corrected chi connectivity index (χ2v) is 8.90. The zero-order valence-electron chi connectivity index (χ0n) is 16.0. The molecule has 3 N–H and O–H groups in total. The van der Waals surface area contributed by atoms with E-state index in [4.69, 9.17) is 5.14 Å². The lowest BCUT2D eigenvalue weighted by atomic mass is 9.97. The highest BCUT2D eigenvalue weighted by Gasteiger charge is 2.37. The minimum atomic E-state index is -3.79. The molecular formula is C20H22N4O4S. The van der Waals surface area contributed by atoms with E-state index in [9.17, 15) is 18.0 Å². The molecule has 1 fully saturated rings. The van der Waals surface area contributed by atoms with Crippen molar-refractivity contribution >= 4 is 33.2 Å². The van der Waals surface area contributed by atoms with Crippen LogP contribution >= 0.6 is 0 Å². The molecule has 2 aromatic carbocycles. The van der Waals surface area contributed by atoms with Crippen molar-refractivity contribution < 1.29 is 18.0 Å². The summed E-state index contributed by atoms with van der Waals surface area (Å²) in [7, 11) is -1.84. The number of fused-ring (bicyclic) bond motifs is 2. The van der Waals surface area contributed by atoms with Gasteiger partial charge in [0.1, 0.15) is 6.17 Å². The number of benzene rings is 2. The van der Waals surface area contributed by atoms with Crippen LogP contribution in [0.1, 0.15) is 40.0 Å². The molecule has 1 atom stereocenters. The highest BCUT2D eigenvalue weighted by Crippen LogP contribution is 2.34. The topological polar surface area (TPSA) is 113 Å². The number of primary sulfonamides is 1. The molecule has 2 aliphatic heterocycles. The summed E-state index contributed by atoms with van der Waals surface area (Å²) in [4.78, 5) is 29.4. The molecular weight excluding hydrogens is 392 g/mol. The van der Waals surface area contributed by atoms with Crippen molar-refractivity contribution in [2.45, 2.75) is 30.3 Å². The van der Waals surface area contributed by atoms with Crippen LogP contribution in [-0.4, -0.2) is 44.9 Å². The van der Waals surface area contributed by atoms with Gasteiger partial charge in [-0.05, 0) is 61.7 Å². The molecule has 2 aliphatic rings. The van der Waals surface area contributed by atoms with Gasteiger partial charge in [-0.15, -0.1) is 0 Å². The Hall–Kier alpha value is -2.91. The lowest BCUT2D eigenvalue weighted by Crippen LogP contribution is -2.55. The number of hydrogen-bond acceptors (Lipinski definition) is 5. The number of piperidine rings is 1. The van der Waals surface area contributed by atoms with Crippen LogP contribution < -0.4 is 15.4 Å². The van der Waals surface area contributed by atoms with E-state index in [0.717, 1.165) is 31.5 Å². The summed E-state index contributed by atoms with van der Waals surface area (Å²) in [6.45, 7) is 0.754. The molecule has 0 aliphatic carbocycles. The van der Waals surface area contributed by atoms with Gasteiger partial charge in [-0.25, -0.2) is 13.6 Å². The van der Waals surface area contributed by atoms with E-state index in [2.05, 4.69) is 10.2 Å². The summed E-state index contributed by atoms with van der Waals surface area (Å²) in [6.07, 6.45) is 3.01. The number of nitrogens with one attached hydrogen (secondary N) is 1. The molecule has 2 aromatic rings. The minimum Gasteiger partial charge on any atom is -0.354 e. The van der Waals surface area contributed by atoms with Gasteiger partial charge in [-0.2, -0.15) is 0 Å². The fraction of sp³-hybridized carbons (Fsp3) is 0.300. The standard InChI is InChI=1S/C20H22N4O4S/c1-23-17-12-13(5-10-16(17)20(26)24-11-3-2-4-18(23)24)19(25)22-14-6-8-15(9-7-14)29(21,27)28/h5-10,12,18H,2-4,11H2,1H3,(H,22,25)(H2,21,27,28). The molecule has 9 heteroatoms. The summed E-state index contributed by atoms with van der Waals surface area (Å²) < 4.78 is 22.7. The van der Waals surface area contributed by atoms with Crippen LogP contribution in [0, 0.1) is 0 Å². The van der Waals surface area contributed by atoms with Crippen LogP contribution in [0.2, 0.25) is 0 Å². The average Bonchev–Trinajstić information content (AvgIpc) is 2.71. The Kier molecular flexibility index (Phi) is 4.79. The van der Waals surface area contributed by atoms with E-state index in [-0.39, 0.29) is 22.9 Å². The number of sulfonamides is 1. The zero-order valence-corrected chi connectivity index (χ0v) is 16.8. The molecule has 2 amide bonds.